The molecule has 1 N–H and O–H groups in total. The molecule has 5 nitrogen and oxygen atoms in total. The van der Waals surface area contributed by atoms with Crippen molar-refractivity contribution < 1.29 is 31.1 Å². The smallest absolute Gasteiger partial charge is 0.396 e. The van der Waals surface area contributed by atoms with E-state index in [-0.39, 0.29) is 52.4 Å². The van der Waals surface area contributed by atoms with E-state index in [0.717, 1.165) is 17.0 Å². The Kier molecular flexibility index (Phi) is 6.24. The monoisotopic (exact) mass is 456 g/mol. The molecule has 0 atom stereocenters. The van der Waals surface area contributed by atoms with Gasteiger partial charge in [0.05, 0.1) is 4.90 Å². The Labute approximate surface area is 176 Å². The van der Waals surface area contributed by atoms with Gasteiger partial charge in [-0.15, -0.1) is 0 Å². The SMILES string of the molecule is Cc1ccc(-c2c(-c3ccc(S(C)(=O)=O)cc3)nn(CCCO)c2C(F)(F)F)cc1F. The van der Waals surface area contributed by atoms with Gasteiger partial charge in [-0.05, 0) is 42.7 Å². The van der Waals surface area contributed by atoms with Crippen LogP contribution >= 0.6 is 0 Å². The van der Waals surface area contributed by atoms with Crippen molar-refractivity contribution in [3.63, 3.8) is 0 Å². The van der Waals surface area contributed by atoms with Crippen LogP contribution in [0.2, 0.25) is 0 Å². The largest absolute Gasteiger partial charge is 0.433 e. The molecule has 1 heterocycles. The predicted molar refractivity (Wildman–Crippen MR) is 108 cm³/mol. The van der Waals surface area contributed by atoms with Crippen molar-refractivity contribution in [3.05, 3.63) is 59.5 Å². The van der Waals surface area contributed by atoms with Crippen LogP contribution in [0.15, 0.2) is 47.4 Å². The van der Waals surface area contributed by atoms with Gasteiger partial charge >= 0.3 is 6.18 Å². The summed E-state index contributed by atoms with van der Waals surface area (Å²) < 4.78 is 80.6. The van der Waals surface area contributed by atoms with Gasteiger partial charge in [-0.3, -0.25) is 4.68 Å². The van der Waals surface area contributed by atoms with E-state index in [1.165, 1.54) is 43.3 Å². The zero-order chi connectivity index (χ0) is 23.0. The van der Waals surface area contributed by atoms with Crippen molar-refractivity contribution in [1.82, 2.24) is 9.78 Å². The van der Waals surface area contributed by atoms with E-state index in [1.807, 2.05) is 0 Å². The van der Waals surface area contributed by atoms with Gasteiger partial charge in [-0.2, -0.15) is 18.3 Å². The highest BCUT2D eigenvalue weighted by Crippen LogP contribution is 2.43. The third-order valence-corrected chi connectivity index (χ3v) is 5.89. The topological polar surface area (TPSA) is 72.2 Å². The lowest BCUT2D eigenvalue weighted by Crippen LogP contribution is -2.16. The number of nitrogens with zero attached hydrogens (tertiary/aromatic N) is 2. The molecule has 2 aromatic carbocycles. The van der Waals surface area contributed by atoms with Crippen LogP contribution in [-0.2, 0) is 22.6 Å². The number of alkyl halides is 3. The fraction of sp³-hybridized carbons (Fsp3) is 0.286. The molecule has 0 fully saturated rings. The summed E-state index contributed by atoms with van der Waals surface area (Å²) in [7, 11) is -3.50. The van der Waals surface area contributed by atoms with Crippen LogP contribution in [0, 0.1) is 12.7 Å². The highest BCUT2D eigenvalue weighted by atomic mass is 32.2. The minimum absolute atomic E-state index is 0.00661. The van der Waals surface area contributed by atoms with Gasteiger partial charge in [-0.25, -0.2) is 12.8 Å². The van der Waals surface area contributed by atoms with Gasteiger partial charge < -0.3 is 5.11 Å². The fourth-order valence-electron chi connectivity index (χ4n) is 3.22. The number of hydrogen-bond donors (Lipinski definition) is 1. The molecule has 3 rings (SSSR count). The fourth-order valence-corrected chi connectivity index (χ4v) is 3.85. The molecule has 0 aliphatic carbocycles. The molecule has 3 aromatic rings. The summed E-state index contributed by atoms with van der Waals surface area (Å²) in [6.07, 6.45) is -3.74. The molecule has 0 saturated heterocycles. The number of benzene rings is 2. The van der Waals surface area contributed by atoms with Gasteiger partial charge in [-0.1, -0.05) is 24.3 Å². The minimum atomic E-state index is -4.80. The van der Waals surface area contributed by atoms with Crippen molar-refractivity contribution in [2.75, 3.05) is 12.9 Å². The molecule has 31 heavy (non-hydrogen) atoms. The van der Waals surface area contributed by atoms with Gasteiger partial charge in [0.15, 0.2) is 15.5 Å². The average molecular weight is 456 g/mol. The molecule has 0 bridgehead atoms. The molecule has 0 aliphatic heterocycles. The standard InChI is InChI=1S/C21H20F4N2O3S/c1-13-4-5-15(12-17(13)22)18-19(14-6-8-16(9-7-14)31(2,29)30)26-27(10-3-11-28)20(18)21(23,24)25/h4-9,12,28H,3,10-11H2,1-2H3. The minimum Gasteiger partial charge on any atom is -0.396 e. The lowest BCUT2D eigenvalue weighted by Gasteiger charge is -2.13. The number of hydrogen-bond acceptors (Lipinski definition) is 4. The lowest BCUT2D eigenvalue weighted by molar-refractivity contribution is -0.143. The number of sulfone groups is 1. The van der Waals surface area contributed by atoms with Gasteiger partial charge in [0, 0.05) is 30.5 Å². The summed E-state index contributed by atoms with van der Waals surface area (Å²) in [6.45, 7) is 0.970. The Morgan fingerprint density at radius 1 is 1.06 bits per heavy atom. The van der Waals surface area contributed by atoms with Crippen molar-refractivity contribution in [2.45, 2.75) is 31.0 Å². The zero-order valence-corrected chi connectivity index (χ0v) is 17.6. The van der Waals surface area contributed by atoms with Crippen LogP contribution < -0.4 is 0 Å². The Morgan fingerprint density at radius 2 is 1.68 bits per heavy atom. The first-order chi connectivity index (χ1) is 14.4. The van der Waals surface area contributed by atoms with E-state index >= 15 is 0 Å². The first-order valence-corrected chi connectivity index (χ1v) is 11.2. The number of aliphatic hydroxyl groups is 1. The molecule has 10 heteroatoms. The summed E-state index contributed by atoms with van der Waals surface area (Å²) in [6, 6.07) is 9.08. The van der Waals surface area contributed by atoms with Crippen molar-refractivity contribution in [1.29, 1.82) is 0 Å². The Hall–Kier alpha value is -2.72. The second-order valence-electron chi connectivity index (χ2n) is 7.13. The number of aliphatic hydroxyl groups excluding tert-OH is 1. The van der Waals surface area contributed by atoms with Gasteiger partial charge in [0.25, 0.3) is 0 Å². The van der Waals surface area contributed by atoms with Crippen molar-refractivity contribution in [2.24, 2.45) is 0 Å². The maximum atomic E-state index is 14.2. The third kappa shape index (κ3) is 4.80. The highest BCUT2D eigenvalue weighted by molar-refractivity contribution is 7.90. The van der Waals surface area contributed by atoms with Crippen molar-refractivity contribution in [3.8, 4) is 22.4 Å². The molecule has 0 amide bonds. The molecule has 166 valence electrons. The van der Waals surface area contributed by atoms with Gasteiger partial charge in [0.1, 0.15) is 11.5 Å². The predicted octanol–water partition coefficient (Wildman–Crippen LogP) is 4.47. The molecular formula is C21H20F4N2O3S. The first kappa shape index (κ1) is 23.0. The molecular weight excluding hydrogens is 436 g/mol. The second kappa shape index (κ2) is 8.43. The maximum absolute atomic E-state index is 14.2. The summed E-state index contributed by atoms with van der Waals surface area (Å²) in [5.41, 5.74) is -0.912. The number of aromatic nitrogens is 2. The van der Waals surface area contributed by atoms with E-state index in [4.69, 9.17) is 5.11 Å². The quantitative estimate of drug-likeness (QED) is 0.556. The van der Waals surface area contributed by atoms with E-state index in [0.29, 0.717) is 0 Å². The van der Waals surface area contributed by atoms with Crippen LogP contribution in [-0.4, -0.2) is 36.2 Å². The highest BCUT2D eigenvalue weighted by Gasteiger charge is 2.40. The normalized spacial score (nSPS) is 12.4. The zero-order valence-electron chi connectivity index (χ0n) is 16.7. The second-order valence-corrected chi connectivity index (χ2v) is 9.15. The van der Waals surface area contributed by atoms with Crippen LogP contribution in [0.3, 0.4) is 0 Å². The Morgan fingerprint density at radius 3 is 2.19 bits per heavy atom. The Bertz CT molecular complexity index is 1200. The molecule has 0 radical (unpaired) electrons. The molecule has 1 aromatic heterocycles. The van der Waals surface area contributed by atoms with E-state index in [1.54, 1.807) is 0 Å². The van der Waals surface area contributed by atoms with E-state index in [9.17, 15) is 26.0 Å². The summed E-state index contributed by atoms with van der Waals surface area (Å²) >= 11 is 0. The van der Waals surface area contributed by atoms with Crippen LogP contribution in [0.25, 0.3) is 22.4 Å². The Balaban J connectivity index is 2.31. The first-order valence-electron chi connectivity index (χ1n) is 9.29. The third-order valence-electron chi connectivity index (χ3n) is 4.77. The number of halogens is 4. The lowest BCUT2D eigenvalue weighted by atomic mass is 9.97. The summed E-state index contributed by atoms with van der Waals surface area (Å²) in [4.78, 5) is 0.00920. The van der Waals surface area contributed by atoms with E-state index in [2.05, 4.69) is 5.10 Å². The van der Waals surface area contributed by atoms with Crippen LogP contribution in [0.1, 0.15) is 17.7 Å². The van der Waals surface area contributed by atoms with Crippen LogP contribution in [0.5, 0.6) is 0 Å². The molecule has 0 aliphatic rings. The number of rotatable bonds is 6. The summed E-state index contributed by atoms with van der Waals surface area (Å²) in [5.74, 6) is -0.660. The van der Waals surface area contributed by atoms with Crippen molar-refractivity contribution >= 4 is 9.84 Å². The van der Waals surface area contributed by atoms with Crippen LogP contribution in [0.4, 0.5) is 17.6 Å². The molecule has 0 spiro atoms. The summed E-state index contributed by atoms with van der Waals surface area (Å²) in [5, 5.41) is 13.2. The number of aryl methyl sites for hydroxylation is 2. The maximum Gasteiger partial charge on any atom is 0.433 e. The molecule has 0 unspecified atom stereocenters. The average Bonchev–Trinajstić information content (AvgIpc) is 3.08. The van der Waals surface area contributed by atoms with Gasteiger partial charge in [0.2, 0.25) is 0 Å². The van der Waals surface area contributed by atoms with E-state index < -0.39 is 27.5 Å². The molecule has 0 saturated carbocycles.